The Morgan fingerprint density at radius 1 is 1.17 bits per heavy atom. The third-order valence-electron chi connectivity index (χ3n) is 4.41. The molecule has 0 bridgehead atoms. The van der Waals surface area contributed by atoms with Crippen LogP contribution in [0.15, 0.2) is 53.4 Å². The van der Waals surface area contributed by atoms with E-state index in [-0.39, 0.29) is 18.1 Å². The minimum atomic E-state index is -0.195. The average Bonchev–Trinajstić information content (AvgIpc) is 3.32. The minimum Gasteiger partial charge on any atom is -0.471 e. The quantitative estimate of drug-likeness (QED) is 0.516. The molecule has 0 aliphatic carbocycles. The summed E-state index contributed by atoms with van der Waals surface area (Å²) < 4.78 is 10.1. The number of halogens is 1. The zero-order valence-electron chi connectivity index (χ0n) is 16.9. The third-order valence-corrected chi connectivity index (χ3v) is 4.82. The lowest BCUT2D eigenvalue weighted by atomic mass is 9.87. The normalized spacial score (nSPS) is 11.4. The molecule has 0 unspecified atom stereocenters. The molecule has 7 nitrogen and oxygen atoms in total. The molecule has 0 spiro atoms. The van der Waals surface area contributed by atoms with Gasteiger partial charge in [0.15, 0.2) is 6.73 Å². The first-order valence-corrected chi connectivity index (χ1v) is 10.3. The highest BCUT2D eigenvalue weighted by Crippen LogP contribution is 2.24. The second-order valence-electron chi connectivity index (χ2n) is 7.82. The topological polar surface area (TPSA) is 74.0 Å². The summed E-state index contributed by atoms with van der Waals surface area (Å²) in [5.41, 5.74) is 1.74. The standard InChI is InChI=1S/C21H26BrN5O2/c1-21(2,3)16-5-7-18(8-6-16)29-15-27-12-9-19(25-27)20(28)23-10-4-11-26-14-17(22)13-24-26/h5-9,12-14H,4,10-11,15H2,1-3H3,(H,23,28). The van der Waals surface area contributed by atoms with Crippen LogP contribution in [0.3, 0.4) is 0 Å². The van der Waals surface area contributed by atoms with Gasteiger partial charge in [-0.2, -0.15) is 10.2 Å². The number of hydrogen-bond acceptors (Lipinski definition) is 4. The molecule has 8 heteroatoms. The maximum Gasteiger partial charge on any atom is 0.271 e. The van der Waals surface area contributed by atoms with Crippen molar-refractivity contribution in [2.45, 2.75) is 45.9 Å². The highest BCUT2D eigenvalue weighted by atomic mass is 79.9. The smallest absolute Gasteiger partial charge is 0.271 e. The van der Waals surface area contributed by atoms with E-state index < -0.39 is 0 Å². The predicted octanol–water partition coefficient (Wildman–Crippen LogP) is 4.00. The Labute approximate surface area is 179 Å². The molecular weight excluding hydrogens is 434 g/mol. The van der Waals surface area contributed by atoms with Gasteiger partial charge in [0.2, 0.25) is 0 Å². The Balaban J connectivity index is 1.43. The molecule has 1 amide bonds. The van der Waals surface area contributed by atoms with Gasteiger partial charge in [-0.15, -0.1) is 0 Å². The first-order valence-electron chi connectivity index (χ1n) is 9.54. The number of hydrogen-bond donors (Lipinski definition) is 1. The average molecular weight is 460 g/mol. The van der Waals surface area contributed by atoms with Crippen LogP contribution in [0.5, 0.6) is 5.75 Å². The molecule has 154 valence electrons. The van der Waals surface area contributed by atoms with Crippen LogP contribution in [-0.4, -0.2) is 32.0 Å². The second-order valence-corrected chi connectivity index (χ2v) is 8.74. The van der Waals surface area contributed by atoms with Crippen LogP contribution in [0.2, 0.25) is 0 Å². The Bertz CT molecular complexity index is 941. The van der Waals surface area contributed by atoms with Gasteiger partial charge in [-0.1, -0.05) is 32.9 Å². The van der Waals surface area contributed by atoms with Crippen LogP contribution in [0.25, 0.3) is 0 Å². The van der Waals surface area contributed by atoms with Crippen molar-refractivity contribution in [3.8, 4) is 5.75 Å². The lowest BCUT2D eigenvalue weighted by molar-refractivity contribution is 0.0945. The van der Waals surface area contributed by atoms with Crippen LogP contribution in [0.1, 0.15) is 43.2 Å². The summed E-state index contributed by atoms with van der Waals surface area (Å²) in [5, 5.41) is 11.3. The van der Waals surface area contributed by atoms with Gasteiger partial charge in [-0.3, -0.25) is 9.48 Å². The molecule has 0 atom stereocenters. The molecule has 0 saturated carbocycles. The Kier molecular flexibility index (Phi) is 6.74. The van der Waals surface area contributed by atoms with E-state index >= 15 is 0 Å². The molecule has 2 heterocycles. The fourth-order valence-electron chi connectivity index (χ4n) is 2.74. The number of aryl methyl sites for hydroxylation is 1. The maximum absolute atomic E-state index is 12.2. The molecule has 29 heavy (non-hydrogen) atoms. The van der Waals surface area contributed by atoms with E-state index in [0.717, 1.165) is 23.2 Å². The molecule has 0 aliphatic rings. The number of amides is 1. The van der Waals surface area contributed by atoms with Crippen LogP contribution in [0.4, 0.5) is 0 Å². The van der Waals surface area contributed by atoms with Gasteiger partial charge in [-0.05, 0) is 51.5 Å². The van der Waals surface area contributed by atoms with E-state index in [9.17, 15) is 4.79 Å². The number of nitrogens with one attached hydrogen (secondary N) is 1. The lowest BCUT2D eigenvalue weighted by Gasteiger charge is -2.19. The SMILES string of the molecule is CC(C)(C)c1ccc(OCn2ccc(C(=O)NCCCn3cc(Br)cn3)n2)cc1. The van der Waals surface area contributed by atoms with Gasteiger partial charge in [0.05, 0.1) is 10.7 Å². The van der Waals surface area contributed by atoms with E-state index in [1.165, 1.54) is 5.56 Å². The van der Waals surface area contributed by atoms with Gasteiger partial charge >= 0.3 is 0 Å². The summed E-state index contributed by atoms with van der Waals surface area (Å²) in [6.45, 7) is 8.07. The zero-order valence-corrected chi connectivity index (χ0v) is 18.5. The fourth-order valence-corrected chi connectivity index (χ4v) is 3.07. The second kappa shape index (κ2) is 9.26. The van der Waals surface area contributed by atoms with E-state index in [1.54, 1.807) is 23.1 Å². The van der Waals surface area contributed by atoms with Gasteiger partial charge in [0.25, 0.3) is 5.91 Å². The van der Waals surface area contributed by atoms with Gasteiger partial charge in [0, 0.05) is 25.5 Å². The van der Waals surface area contributed by atoms with Crippen molar-refractivity contribution in [1.29, 1.82) is 0 Å². The molecule has 0 aliphatic heterocycles. The molecule has 0 fully saturated rings. The number of benzene rings is 1. The molecule has 1 N–H and O–H groups in total. The first-order chi connectivity index (χ1) is 13.8. The summed E-state index contributed by atoms with van der Waals surface area (Å²) in [6.07, 6.45) is 6.17. The van der Waals surface area contributed by atoms with Crippen molar-refractivity contribution in [2.24, 2.45) is 0 Å². The molecule has 0 radical (unpaired) electrons. The number of ether oxygens (including phenoxy) is 1. The summed E-state index contributed by atoms with van der Waals surface area (Å²) in [6, 6.07) is 9.73. The predicted molar refractivity (Wildman–Crippen MR) is 115 cm³/mol. The molecule has 3 rings (SSSR count). The van der Waals surface area contributed by atoms with Gasteiger partial charge in [-0.25, -0.2) is 4.68 Å². The largest absolute Gasteiger partial charge is 0.471 e. The van der Waals surface area contributed by atoms with E-state index in [4.69, 9.17) is 4.74 Å². The molecule has 3 aromatic rings. The summed E-state index contributed by atoms with van der Waals surface area (Å²) >= 11 is 3.36. The van der Waals surface area contributed by atoms with Crippen LogP contribution >= 0.6 is 15.9 Å². The van der Waals surface area contributed by atoms with Crippen molar-refractivity contribution in [2.75, 3.05) is 6.54 Å². The highest BCUT2D eigenvalue weighted by Gasteiger charge is 2.13. The first kappa shape index (κ1) is 21.1. The van der Waals surface area contributed by atoms with Crippen LogP contribution < -0.4 is 10.1 Å². The zero-order chi connectivity index (χ0) is 20.9. The fraction of sp³-hybridized carbons (Fsp3) is 0.381. The monoisotopic (exact) mass is 459 g/mol. The van der Waals surface area contributed by atoms with Crippen molar-refractivity contribution in [3.05, 3.63) is 64.7 Å². The number of nitrogens with zero attached hydrogens (tertiary/aromatic N) is 4. The van der Waals surface area contributed by atoms with Crippen molar-refractivity contribution in [3.63, 3.8) is 0 Å². The summed E-state index contributed by atoms with van der Waals surface area (Å²) in [4.78, 5) is 12.2. The Morgan fingerprint density at radius 2 is 1.93 bits per heavy atom. The Hall–Kier alpha value is -2.61. The van der Waals surface area contributed by atoms with Crippen LogP contribution in [0, 0.1) is 0 Å². The summed E-state index contributed by atoms with van der Waals surface area (Å²) in [5.74, 6) is 0.574. The van der Waals surface area contributed by atoms with E-state index in [2.05, 4.69) is 64.3 Å². The Morgan fingerprint density at radius 3 is 2.59 bits per heavy atom. The van der Waals surface area contributed by atoms with Crippen molar-refractivity contribution >= 4 is 21.8 Å². The lowest BCUT2D eigenvalue weighted by Crippen LogP contribution is -2.26. The molecular formula is C21H26BrN5O2. The number of carbonyl (C=O) groups is 1. The summed E-state index contributed by atoms with van der Waals surface area (Å²) in [7, 11) is 0. The minimum absolute atomic E-state index is 0.109. The number of aromatic nitrogens is 4. The third kappa shape index (κ3) is 6.19. The molecule has 1 aromatic carbocycles. The molecule has 0 saturated heterocycles. The van der Waals surface area contributed by atoms with Crippen LogP contribution in [-0.2, 0) is 18.7 Å². The highest BCUT2D eigenvalue weighted by molar-refractivity contribution is 9.10. The van der Waals surface area contributed by atoms with Crippen molar-refractivity contribution in [1.82, 2.24) is 24.9 Å². The van der Waals surface area contributed by atoms with Gasteiger partial charge in [0.1, 0.15) is 11.4 Å². The van der Waals surface area contributed by atoms with Gasteiger partial charge < -0.3 is 10.1 Å². The number of carbonyl (C=O) groups excluding carboxylic acids is 1. The van der Waals surface area contributed by atoms with E-state index in [1.807, 2.05) is 23.0 Å². The molecule has 2 aromatic heterocycles. The van der Waals surface area contributed by atoms with E-state index in [0.29, 0.717) is 12.2 Å². The number of rotatable bonds is 8. The maximum atomic E-state index is 12.2. The van der Waals surface area contributed by atoms with Crippen molar-refractivity contribution < 1.29 is 9.53 Å².